The summed E-state index contributed by atoms with van der Waals surface area (Å²) in [6, 6.07) is 18.3. The maximum Gasteiger partial charge on any atom is 0.165 e. The van der Waals surface area contributed by atoms with E-state index in [1.54, 1.807) is 12.1 Å². The molecule has 1 aliphatic rings. The van der Waals surface area contributed by atoms with E-state index in [1.165, 1.54) is 18.5 Å². The Morgan fingerprint density at radius 2 is 1.63 bits per heavy atom. The quantitative estimate of drug-likeness (QED) is 0.267. The molecule has 0 radical (unpaired) electrons. The third-order valence-electron chi connectivity index (χ3n) is 6.41. The summed E-state index contributed by atoms with van der Waals surface area (Å²) < 4.78 is 20.3. The van der Waals surface area contributed by atoms with Gasteiger partial charge in [-0.25, -0.2) is 24.3 Å². The maximum atomic E-state index is 14.0. The molecule has 0 saturated carbocycles. The Morgan fingerprint density at radius 3 is 2.34 bits per heavy atom. The second kappa shape index (κ2) is 11.0. The fourth-order valence-corrected chi connectivity index (χ4v) is 5.06. The molecule has 3 aromatic heterocycles. The number of pyridine rings is 2. The van der Waals surface area contributed by atoms with Gasteiger partial charge < -0.3 is 15.4 Å². The highest BCUT2D eigenvalue weighted by Crippen LogP contribution is 2.44. The van der Waals surface area contributed by atoms with E-state index >= 15 is 0 Å². The number of halogens is 3. The molecule has 1 saturated heterocycles. The Morgan fingerprint density at radius 1 is 0.868 bits per heavy atom. The van der Waals surface area contributed by atoms with Gasteiger partial charge in [0, 0.05) is 40.4 Å². The first-order valence-corrected chi connectivity index (χ1v) is 12.6. The van der Waals surface area contributed by atoms with Gasteiger partial charge in [-0.3, -0.25) is 0 Å². The molecule has 1 fully saturated rings. The summed E-state index contributed by atoms with van der Waals surface area (Å²) >= 11 is 3.59. The van der Waals surface area contributed by atoms with E-state index in [0.29, 0.717) is 35.8 Å². The van der Waals surface area contributed by atoms with E-state index in [2.05, 4.69) is 30.8 Å². The first-order chi connectivity index (χ1) is 18.1. The zero-order valence-corrected chi connectivity index (χ0v) is 22.5. The minimum absolute atomic E-state index is 0. The molecule has 0 amide bonds. The molecule has 0 unspecified atom stereocenters. The molecule has 5 aromatic rings. The standard InChI is InChI=1S/C28H22BrFN6O.ClH/c29-20-3-1-2-18(14-20)23-24(17-4-7-21(30)8-5-17)26(35-28-25(23)27(31)33-16-34-28)19-6-9-22(32-15-19)36-10-12-37-13-11-36;/h1-9,14-16H,10-13H2,(H2,31,33,34,35);1H. The third-order valence-corrected chi connectivity index (χ3v) is 6.91. The lowest BCUT2D eigenvalue weighted by molar-refractivity contribution is 0.122. The number of nitrogens with zero attached hydrogens (tertiary/aromatic N) is 5. The molecule has 0 spiro atoms. The summed E-state index contributed by atoms with van der Waals surface area (Å²) in [6.45, 7) is 2.96. The van der Waals surface area contributed by atoms with Crippen molar-refractivity contribution in [1.82, 2.24) is 19.9 Å². The second-order valence-corrected chi connectivity index (χ2v) is 9.61. The van der Waals surface area contributed by atoms with E-state index in [4.69, 9.17) is 20.4 Å². The first-order valence-electron chi connectivity index (χ1n) is 11.8. The van der Waals surface area contributed by atoms with E-state index in [1.807, 2.05) is 42.6 Å². The zero-order chi connectivity index (χ0) is 25.4. The predicted molar refractivity (Wildman–Crippen MR) is 154 cm³/mol. The average Bonchev–Trinajstić information content (AvgIpc) is 2.93. The summed E-state index contributed by atoms with van der Waals surface area (Å²) in [5, 5.41) is 0.640. The summed E-state index contributed by atoms with van der Waals surface area (Å²) in [6.07, 6.45) is 3.23. The molecule has 7 nitrogen and oxygen atoms in total. The van der Waals surface area contributed by atoms with Crippen molar-refractivity contribution in [2.75, 3.05) is 36.9 Å². The molecular formula is C28H23BrClFN6O. The largest absolute Gasteiger partial charge is 0.383 e. The van der Waals surface area contributed by atoms with Crippen molar-refractivity contribution in [1.29, 1.82) is 0 Å². The molecule has 4 heterocycles. The molecule has 0 bridgehead atoms. The number of morpholine rings is 1. The van der Waals surface area contributed by atoms with Gasteiger partial charge in [0.05, 0.1) is 24.3 Å². The molecule has 38 heavy (non-hydrogen) atoms. The number of nitrogen functional groups attached to an aromatic ring is 1. The van der Waals surface area contributed by atoms with Crippen molar-refractivity contribution in [3.63, 3.8) is 0 Å². The monoisotopic (exact) mass is 592 g/mol. The Bertz CT molecular complexity index is 1590. The maximum absolute atomic E-state index is 14.0. The average molecular weight is 594 g/mol. The number of rotatable bonds is 4. The predicted octanol–water partition coefficient (Wildman–Crippen LogP) is 6.16. The molecule has 0 atom stereocenters. The number of fused-ring (bicyclic) bond motifs is 1. The van der Waals surface area contributed by atoms with Crippen LogP contribution in [0.2, 0.25) is 0 Å². The number of aromatic nitrogens is 4. The molecule has 1 aliphatic heterocycles. The minimum atomic E-state index is -0.317. The highest BCUT2D eigenvalue weighted by atomic mass is 79.9. The van der Waals surface area contributed by atoms with Crippen LogP contribution in [0.1, 0.15) is 0 Å². The summed E-state index contributed by atoms with van der Waals surface area (Å²) in [5.41, 5.74) is 11.7. The van der Waals surface area contributed by atoms with Crippen LogP contribution < -0.4 is 10.6 Å². The lowest BCUT2D eigenvalue weighted by Gasteiger charge is -2.27. The van der Waals surface area contributed by atoms with Crippen LogP contribution in [0.4, 0.5) is 16.0 Å². The highest BCUT2D eigenvalue weighted by Gasteiger charge is 2.23. The number of hydrogen-bond donors (Lipinski definition) is 1. The smallest absolute Gasteiger partial charge is 0.165 e. The van der Waals surface area contributed by atoms with Gasteiger partial charge in [-0.15, -0.1) is 12.4 Å². The van der Waals surface area contributed by atoms with Gasteiger partial charge >= 0.3 is 0 Å². The van der Waals surface area contributed by atoms with Crippen LogP contribution in [0, 0.1) is 5.82 Å². The van der Waals surface area contributed by atoms with Crippen LogP contribution in [0.3, 0.4) is 0 Å². The molecule has 6 rings (SSSR count). The van der Waals surface area contributed by atoms with Crippen LogP contribution >= 0.6 is 28.3 Å². The SMILES string of the molecule is Cl.Nc1ncnc2nc(-c3ccc(N4CCOCC4)nc3)c(-c3ccc(F)cc3)c(-c3cccc(Br)c3)c12. The van der Waals surface area contributed by atoms with Crippen LogP contribution in [-0.4, -0.2) is 46.2 Å². The molecule has 2 aromatic carbocycles. The highest BCUT2D eigenvalue weighted by molar-refractivity contribution is 9.10. The third kappa shape index (κ3) is 4.92. The lowest BCUT2D eigenvalue weighted by atomic mass is 9.89. The van der Waals surface area contributed by atoms with E-state index in [9.17, 15) is 4.39 Å². The normalized spacial score (nSPS) is 13.4. The lowest BCUT2D eigenvalue weighted by Crippen LogP contribution is -2.36. The minimum Gasteiger partial charge on any atom is -0.383 e. The number of anilines is 2. The molecule has 10 heteroatoms. The van der Waals surface area contributed by atoms with Gasteiger partial charge in [-0.05, 0) is 47.5 Å². The molecular weight excluding hydrogens is 571 g/mol. The van der Waals surface area contributed by atoms with E-state index < -0.39 is 0 Å². The van der Waals surface area contributed by atoms with E-state index in [-0.39, 0.29) is 18.2 Å². The molecule has 2 N–H and O–H groups in total. The number of nitrogens with two attached hydrogens (primary N) is 1. The van der Waals surface area contributed by atoms with E-state index in [0.717, 1.165) is 51.2 Å². The van der Waals surface area contributed by atoms with Gasteiger partial charge in [0.25, 0.3) is 0 Å². The van der Waals surface area contributed by atoms with Gasteiger partial charge in [0.2, 0.25) is 0 Å². The fraction of sp³-hybridized carbons (Fsp3) is 0.143. The van der Waals surface area contributed by atoms with Crippen LogP contribution in [0.15, 0.2) is 77.7 Å². The Hall–Kier alpha value is -3.66. The van der Waals surface area contributed by atoms with Crippen LogP contribution in [0.5, 0.6) is 0 Å². The van der Waals surface area contributed by atoms with Gasteiger partial charge in [-0.1, -0.05) is 40.2 Å². The summed E-state index contributed by atoms with van der Waals surface area (Å²) in [7, 11) is 0. The van der Waals surface area contributed by atoms with Crippen LogP contribution in [-0.2, 0) is 4.74 Å². The second-order valence-electron chi connectivity index (χ2n) is 8.69. The Kier molecular flexibility index (Phi) is 7.51. The van der Waals surface area contributed by atoms with Gasteiger partial charge in [0.15, 0.2) is 5.65 Å². The van der Waals surface area contributed by atoms with Crippen molar-refractivity contribution in [3.05, 3.63) is 83.5 Å². The van der Waals surface area contributed by atoms with Crippen molar-refractivity contribution in [3.8, 4) is 33.5 Å². The molecule has 0 aliphatic carbocycles. The summed E-state index contributed by atoms with van der Waals surface area (Å²) in [4.78, 5) is 20.6. The van der Waals surface area contributed by atoms with Crippen molar-refractivity contribution < 1.29 is 9.13 Å². The number of ether oxygens (including phenoxy) is 1. The zero-order valence-electron chi connectivity index (χ0n) is 20.1. The number of hydrogen-bond acceptors (Lipinski definition) is 7. The Labute approximate surface area is 233 Å². The van der Waals surface area contributed by atoms with Crippen LogP contribution in [0.25, 0.3) is 44.5 Å². The van der Waals surface area contributed by atoms with Crippen molar-refractivity contribution in [2.45, 2.75) is 0 Å². The van der Waals surface area contributed by atoms with Gasteiger partial charge in [-0.2, -0.15) is 0 Å². The van der Waals surface area contributed by atoms with Gasteiger partial charge in [0.1, 0.15) is 23.8 Å². The first kappa shape index (κ1) is 26.0. The number of benzene rings is 2. The topological polar surface area (TPSA) is 90.0 Å². The van der Waals surface area contributed by atoms with Crippen molar-refractivity contribution in [2.24, 2.45) is 0 Å². The Balaban J connectivity index is 0.00000294. The molecule has 192 valence electrons. The van der Waals surface area contributed by atoms with Crippen molar-refractivity contribution >= 4 is 51.0 Å². The fourth-order valence-electron chi connectivity index (χ4n) is 4.66. The summed E-state index contributed by atoms with van der Waals surface area (Å²) in [5.74, 6) is 0.889.